The van der Waals surface area contributed by atoms with Gasteiger partial charge in [-0.25, -0.2) is 4.79 Å². The van der Waals surface area contributed by atoms with Gasteiger partial charge < -0.3 is 10.1 Å². The number of nitrogens with zero attached hydrogens (tertiary/aromatic N) is 2. The zero-order chi connectivity index (χ0) is 21.3. The van der Waals surface area contributed by atoms with Gasteiger partial charge in [-0.2, -0.15) is 5.10 Å². The molecule has 0 radical (unpaired) electrons. The monoisotopic (exact) mass is 419 g/mol. The van der Waals surface area contributed by atoms with Gasteiger partial charge in [-0.1, -0.05) is 30.3 Å². The molecule has 6 rings (SSSR count). The maximum atomic E-state index is 12.5. The zero-order valence-electron chi connectivity index (χ0n) is 17.7. The molecule has 0 spiro atoms. The Hall–Kier alpha value is -2.89. The van der Waals surface area contributed by atoms with E-state index in [1.54, 1.807) is 12.3 Å². The highest BCUT2D eigenvalue weighted by molar-refractivity contribution is 5.89. The minimum atomic E-state index is -0.517. The number of ether oxygens (including phenoxy) is 1. The topological polar surface area (TPSA) is 73.2 Å². The highest BCUT2D eigenvalue weighted by atomic mass is 16.5. The Labute approximate surface area is 182 Å². The van der Waals surface area contributed by atoms with Crippen LogP contribution in [0.1, 0.15) is 49.7 Å². The van der Waals surface area contributed by atoms with Gasteiger partial charge in [0, 0.05) is 23.4 Å². The summed E-state index contributed by atoms with van der Waals surface area (Å²) in [5.41, 5.74) is 1.91. The molecule has 0 aliphatic heterocycles. The second-order valence-electron chi connectivity index (χ2n) is 9.64. The molecule has 4 aliphatic rings. The lowest BCUT2D eigenvalue weighted by atomic mass is 9.53. The number of hydrogen-bond acceptors (Lipinski definition) is 4. The van der Waals surface area contributed by atoms with Crippen LogP contribution in [-0.4, -0.2) is 33.8 Å². The van der Waals surface area contributed by atoms with E-state index in [1.165, 1.54) is 25.3 Å². The first kappa shape index (κ1) is 20.0. The van der Waals surface area contributed by atoms with Gasteiger partial charge in [0.05, 0.1) is 12.7 Å². The molecule has 1 amide bonds. The van der Waals surface area contributed by atoms with E-state index in [0.29, 0.717) is 6.54 Å². The molecule has 31 heavy (non-hydrogen) atoms. The summed E-state index contributed by atoms with van der Waals surface area (Å²) in [7, 11) is 0. The molecule has 1 aromatic heterocycles. The minimum absolute atomic E-state index is 0.0542. The van der Waals surface area contributed by atoms with Gasteiger partial charge in [-0.15, -0.1) is 0 Å². The average Bonchev–Trinajstić information content (AvgIpc) is 3.17. The number of carbonyl (C=O) groups is 2. The summed E-state index contributed by atoms with van der Waals surface area (Å²) in [5.74, 6) is 1.59. The van der Waals surface area contributed by atoms with Crippen LogP contribution >= 0.6 is 0 Å². The number of rotatable bonds is 7. The van der Waals surface area contributed by atoms with Crippen molar-refractivity contribution in [1.82, 2.24) is 15.1 Å². The number of benzene rings is 1. The highest BCUT2D eigenvalue weighted by Crippen LogP contribution is 2.55. The van der Waals surface area contributed by atoms with E-state index in [-0.39, 0.29) is 18.1 Å². The van der Waals surface area contributed by atoms with Crippen LogP contribution in [0.3, 0.4) is 0 Å². The molecular formula is C25H29N3O3. The van der Waals surface area contributed by atoms with Crippen LogP contribution < -0.4 is 5.32 Å². The Morgan fingerprint density at radius 1 is 1.10 bits per heavy atom. The van der Waals surface area contributed by atoms with Crippen molar-refractivity contribution in [2.24, 2.45) is 17.8 Å². The number of amides is 1. The fourth-order valence-electron chi connectivity index (χ4n) is 6.27. The SMILES string of the molecule is O=C(COC(=O)/C=C/c1cnn(Cc2ccccc2)c1)NC12CC3CC(CC(C3)C1)C2. The third-order valence-electron chi connectivity index (χ3n) is 7.04. The summed E-state index contributed by atoms with van der Waals surface area (Å²) in [6.45, 7) is 0.446. The van der Waals surface area contributed by atoms with Crippen molar-refractivity contribution in [2.75, 3.05) is 6.61 Å². The van der Waals surface area contributed by atoms with Crippen LogP contribution in [0.5, 0.6) is 0 Å². The second-order valence-corrected chi connectivity index (χ2v) is 9.64. The van der Waals surface area contributed by atoms with Crippen molar-refractivity contribution < 1.29 is 14.3 Å². The molecule has 4 fully saturated rings. The Kier molecular flexibility index (Phi) is 5.38. The van der Waals surface area contributed by atoms with Gasteiger partial charge in [0.1, 0.15) is 0 Å². The van der Waals surface area contributed by atoms with E-state index >= 15 is 0 Å². The quantitative estimate of drug-likeness (QED) is 0.550. The van der Waals surface area contributed by atoms with Gasteiger partial charge >= 0.3 is 5.97 Å². The zero-order valence-corrected chi connectivity index (χ0v) is 17.7. The lowest BCUT2D eigenvalue weighted by Gasteiger charge is -2.56. The van der Waals surface area contributed by atoms with Crippen LogP contribution in [0.15, 0.2) is 48.8 Å². The molecule has 4 aliphatic carbocycles. The summed E-state index contributed by atoms with van der Waals surface area (Å²) in [6, 6.07) is 10.1. The molecule has 2 aromatic rings. The fourth-order valence-corrected chi connectivity index (χ4v) is 6.27. The number of nitrogens with one attached hydrogen (secondary N) is 1. The predicted octanol–water partition coefficient (Wildman–Crippen LogP) is 3.57. The minimum Gasteiger partial charge on any atom is -0.452 e. The molecule has 1 N–H and O–H groups in total. The Bertz CT molecular complexity index is 944. The molecule has 0 unspecified atom stereocenters. The van der Waals surface area contributed by atoms with Crippen molar-refractivity contribution in [3.05, 3.63) is 59.9 Å². The number of hydrogen-bond donors (Lipinski definition) is 1. The molecule has 1 aromatic carbocycles. The summed E-state index contributed by atoms with van der Waals surface area (Å²) >= 11 is 0. The second kappa shape index (κ2) is 8.33. The first-order valence-electron chi connectivity index (χ1n) is 11.3. The van der Waals surface area contributed by atoms with E-state index in [1.807, 2.05) is 41.2 Å². The van der Waals surface area contributed by atoms with E-state index in [4.69, 9.17) is 4.74 Å². The third kappa shape index (κ3) is 4.73. The Balaban J connectivity index is 1.09. The van der Waals surface area contributed by atoms with Crippen molar-refractivity contribution >= 4 is 18.0 Å². The maximum absolute atomic E-state index is 12.5. The van der Waals surface area contributed by atoms with Crippen molar-refractivity contribution in [1.29, 1.82) is 0 Å². The predicted molar refractivity (Wildman–Crippen MR) is 117 cm³/mol. The largest absolute Gasteiger partial charge is 0.452 e. The molecule has 6 nitrogen and oxygen atoms in total. The van der Waals surface area contributed by atoms with Crippen LogP contribution in [0.25, 0.3) is 6.08 Å². The standard InChI is InChI=1S/C25H29N3O3/c29-23(27-25-11-20-8-21(12-25)10-22(9-20)13-25)17-31-24(30)7-6-19-14-26-28(16-19)15-18-4-2-1-3-5-18/h1-7,14,16,20-22H,8-13,15,17H2,(H,27,29)/b7-6+. The lowest BCUT2D eigenvalue weighted by Crippen LogP contribution is -2.60. The number of esters is 1. The number of aromatic nitrogens is 2. The van der Waals surface area contributed by atoms with E-state index in [9.17, 15) is 9.59 Å². The molecule has 0 atom stereocenters. The van der Waals surface area contributed by atoms with Crippen molar-refractivity contribution in [3.8, 4) is 0 Å². The van der Waals surface area contributed by atoms with Crippen LogP contribution in [0, 0.1) is 17.8 Å². The molecule has 162 valence electrons. The summed E-state index contributed by atoms with van der Waals surface area (Å²) in [6.07, 6.45) is 13.8. The van der Waals surface area contributed by atoms with E-state index in [2.05, 4.69) is 10.4 Å². The van der Waals surface area contributed by atoms with Gasteiger partial charge in [0.15, 0.2) is 6.61 Å². The van der Waals surface area contributed by atoms with E-state index < -0.39 is 5.97 Å². The van der Waals surface area contributed by atoms with Gasteiger partial charge in [0.2, 0.25) is 0 Å². The van der Waals surface area contributed by atoms with Crippen LogP contribution in [0.2, 0.25) is 0 Å². The normalized spacial score (nSPS) is 28.7. The summed E-state index contributed by atoms with van der Waals surface area (Å²) in [5, 5.41) is 7.54. The highest BCUT2D eigenvalue weighted by Gasteiger charge is 2.51. The fraction of sp³-hybridized carbons (Fsp3) is 0.480. The first-order chi connectivity index (χ1) is 15.1. The Morgan fingerprint density at radius 3 is 2.45 bits per heavy atom. The number of carbonyl (C=O) groups excluding carboxylic acids is 2. The van der Waals surface area contributed by atoms with Crippen LogP contribution in [0.4, 0.5) is 0 Å². The Morgan fingerprint density at radius 2 is 1.77 bits per heavy atom. The van der Waals surface area contributed by atoms with Gasteiger partial charge in [-0.05, 0) is 67.9 Å². The molecule has 4 saturated carbocycles. The van der Waals surface area contributed by atoms with Crippen molar-refractivity contribution in [3.63, 3.8) is 0 Å². The molecule has 0 saturated heterocycles. The molecule has 1 heterocycles. The average molecular weight is 420 g/mol. The van der Waals surface area contributed by atoms with Gasteiger partial charge in [0.25, 0.3) is 5.91 Å². The molecule has 6 heteroatoms. The maximum Gasteiger partial charge on any atom is 0.331 e. The van der Waals surface area contributed by atoms with E-state index in [0.717, 1.165) is 48.1 Å². The lowest BCUT2D eigenvalue weighted by molar-refractivity contribution is -0.145. The van der Waals surface area contributed by atoms with Gasteiger partial charge in [-0.3, -0.25) is 9.48 Å². The summed E-state index contributed by atoms with van der Waals surface area (Å²) in [4.78, 5) is 24.5. The summed E-state index contributed by atoms with van der Waals surface area (Å²) < 4.78 is 7.00. The van der Waals surface area contributed by atoms with Crippen molar-refractivity contribution in [2.45, 2.75) is 50.6 Å². The van der Waals surface area contributed by atoms with Crippen LogP contribution in [-0.2, 0) is 20.9 Å². The first-order valence-corrected chi connectivity index (χ1v) is 11.3. The third-order valence-corrected chi connectivity index (χ3v) is 7.04. The molecule has 4 bridgehead atoms. The smallest absolute Gasteiger partial charge is 0.331 e. The molecular weight excluding hydrogens is 390 g/mol.